The minimum atomic E-state index is -0.169. The van der Waals surface area contributed by atoms with Crippen molar-refractivity contribution < 1.29 is 13.9 Å². The summed E-state index contributed by atoms with van der Waals surface area (Å²) in [7, 11) is 3.33. The molecular weight excluding hydrogens is 206 g/mol. The summed E-state index contributed by atoms with van der Waals surface area (Å²) in [5, 5.41) is 0. The van der Waals surface area contributed by atoms with Gasteiger partial charge in [0.15, 0.2) is 5.88 Å². The highest BCUT2D eigenvalue weighted by Gasteiger charge is 2.20. The minimum Gasteiger partial charge on any atom is -0.469 e. The number of carbonyl (C=O) groups excluding carboxylic acids is 1. The third-order valence-electron chi connectivity index (χ3n) is 2.62. The van der Waals surface area contributed by atoms with Crippen molar-refractivity contribution >= 4 is 11.9 Å². The van der Waals surface area contributed by atoms with Gasteiger partial charge in [0.1, 0.15) is 5.76 Å². The van der Waals surface area contributed by atoms with Gasteiger partial charge < -0.3 is 14.1 Å². The highest BCUT2D eigenvalue weighted by Crippen LogP contribution is 2.18. The maximum atomic E-state index is 11.4. The Balaban J connectivity index is 2.62. The molecule has 0 saturated heterocycles. The third-order valence-corrected chi connectivity index (χ3v) is 2.62. The summed E-state index contributed by atoms with van der Waals surface area (Å²) in [6.07, 6.45) is 0.761. The van der Waals surface area contributed by atoms with Crippen molar-refractivity contribution in [3.8, 4) is 0 Å². The highest BCUT2D eigenvalue weighted by molar-refractivity contribution is 5.73. The van der Waals surface area contributed by atoms with Crippen LogP contribution in [0.25, 0.3) is 0 Å². The van der Waals surface area contributed by atoms with E-state index in [0.29, 0.717) is 6.54 Å². The molecule has 0 aliphatic rings. The monoisotopic (exact) mass is 225 g/mol. The fourth-order valence-corrected chi connectivity index (χ4v) is 1.58. The van der Waals surface area contributed by atoms with Gasteiger partial charge in [-0.1, -0.05) is 6.92 Å². The molecule has 16 heavy (non-hydrogen) atoms. The molecule has 0 bridgehead atoms. The zero-order chi connectivity index (χ0) is 12.1. The number of methoxy groups -OCH3 is 1. The molecule has 0 spiro atoms. The molecule has 0 fully saturated rings. The summed E-state index contributed by atoms with van der Waals surface area (Å²) in [6.45, 7) is 4.48. The Bertz CT molecular complexity index is 346. The summed E-state index contributed by atoms with van der Waals surface area (Å²) in [5.74, 6) is 1.37. The second-order valence-corrected chi connectivity index (χ2v) is 3.89. The molecule has 1 aromatic heterocycles. The molecule has 4 heteroatoms. The molecule has 1 unspecified atom stereocenters. The van der Waals surface area contributed by atoms with Gasteiger partial charge in [-0.15, -0.1) is 0 Å². The van der Waals surface area contributed by atoms with Crippen molar-refractivity contribution in [2.45, 2.75) is 20.3 Å². The molecule has 90 valence electrons. The average molecular weight is 225 g/mol. The fraction of sp³-hybridized carbons (Fsp3) is 0.583. The van der Waals surface area contributed by atoms with E-state index in [1.165, 1.54) is 7.11 Å². The van der Waals surface area contributed by atoms with E-state index >= 15 is 0 Å². The van der Waals surface area contributed by atoms with E-state index in [4.69, 9.17) is 9.15 Å². The lowest BCUT2D eigenvalue weighted by atomic mass is 10.1. The first-order valence-corrected chi connectivity index (χ1v) is 5.43. The van der Waals surface area contributed by atoms with Gasteiger partial charge in [0, 0.05) is 19.7 Å². The first kappa shape index (κ1) is 12.6. The number of anilines is 1. The predicted octanol–water partition coefficient (Wildman–Crippen LogP) is 2.22. The van der Waals surface area contributed by atoms with Crippen molar-refractivity contribution in [1.29, 1.82) is 0 Å². The van der Waals surface area contributed by atoms with E-state index in [2.05, 4.69) is 0 Å². The van der Waals surface area contributed by atoms with Crippen LogP contribution in [0.3, 0.4) is 0 Å². The lowest BCUT2D eigenvalue weighted by molar-refractivity contribution is -0.145. The van der Waals surface area contributed by atoms with E-state index in [9.17, 15) is 4.79 Å². The van der Waals surface area contributed by atoms with E-state index in [1.54, 1.807) is 0 Å². The molecule has 0 amide bonds. The minimum absolute atomic E-state index is 0.111. The van der Waals surface area contributed by atoms with Crippen LogP contribution in [-0.4, -0.2) is 26.7 Å². The summed E-state index contributed by atoms with van der Waals surface area (Å²) in [5.41, 5.74) is 0. The average Bonchev–Trinajstić information content (AvgIpc) is 2.71. The van der Waals surface area contributed by atoms with Crippen molar-refractivity contribution in [3.05, 3.63) is 17.9 Å². The van der Waals surface area contributed by atoms with E-state index in [1.807, 2.05) is 37.9 Å². The Morgan fingerprint density at radius 3 is 2.69 bits per heavy atom. The number of hydrogen-bond acceptors (Lipinski definition) is 4. The summed E-state index contributed by atoms with van der Waals surface area (Å²) in [6, 6.07) is 3.81. The van der Waals surface area contributed by atoms with Crippen LogP contribution in [0.4, 0.5) is 5.88 Å². The Hall–Kier alpha value is -1.45. The van der Waals surface area contributed by atoms with Crippen molar-refractivity contribution in [3.63, 3.8) is 0 Å². The number of aryl methyl sites for hydroxylation is 1. The van der Waals surface area contributed by atoms with E-state index < -0.39 is 0 Å². The van der Waals surface area contributed by atoms with Gasteiger partial charge in [-0.2, -0.15) is 0 Å². The summed E-state index contributed by atoms with van der Waals surface area (Å²) < 4.78 is 10.2. The molecule has 0 aliphatic heterocycles. The zero-order valence-corrected chi connectivity index (χ0v) is 10.3. The van der Waals surface area contributed by atoms with Crippen molar-refractivity contribution in [1.82, 2.24) is 0 Å². The van der Waals surface area contributed by atoms with E-state index in [-0.39, 0.29) is 11.9 Å². The second-order valence-electron chi connectivity index (χ2n) is 3.89. The predicted molar refractivity (Wildman–Crippen MR) is 62.5 cm³/mol. The second kappa shape index (κ2) is 5.58. The van der Waals surface area contributed by atoms with Gasteiger partial charge in [-0.05, 0) is 19.4 Å². The Morgan fingerprint density at radius 1 is 1.56 bits per heavy atom. The van der Waals surface area contributed by atoms with Gasteiger partial charge in [0.2, 0.25) is 0 Å². The van der Waals surface area contributed by atoms with Crippen LogP contribution >= 0.6 is 0 Å². The van der Waals surface area contributed by atoms with Gasteiger partial charge in [-0.25, -0.2) is 0 Å². The molecule has 4 nitrogen and oxygen atoms in total. The molecule has 0 aliphatic carbocycles. The van der Waals surface area contributed by atoms with Gasteiger partial charge in [0.25, 0.3) is 0 Å². The number of carbonyl (C=O) groups is 1. The first-order chi connectivity index (χ1) is 7.58. The number of esters is 1. The molecule has 0 saturated carbocycles. The number of hydrogen-bond donors (Lipinski definition) is 0. The van der Waals surface area contributed by atoms with Crippen LogP contribution < -0.4 is 4.90 Å². The number of rotatable bonds is 5. The molecule has 0 N–H and O–H groups in total. The van der Waals surface area contributed by atoms with Gasteiger partial charge in [-0.3, -0.25) is 4.79 Å². The van der Waals surface area contributed by atoms with Crippen molar-refractivity contribution in [2.75, 3.05) is 25.6 Å². The Morgan fingerprint density at radius 2 is 2.25 bits per heavy atom. The van der Waals surface area contributed by atoms with Crippen LogP contribution in [0.15, 0.2) is 16.5 Å². The van der Waals surface area contributed by atoms with Crippen LogP contribution in [0, 0.1) is 12.8 Å². The number of ether oxygens (including phenoxy) is 1. The molecule has 1 atom stereocenters. The van der Waals surface area contributed by atoms with Crippen LogP contribution in [0.5, 0.6) is 0 Å². The molecule has 1 rings (SSSR count). The number of nitrogens with zero attached hydrogens (tertiary/aromatic N) is 1. The Kier molecular flexibility index (Phi) is 4.40. The number of furan rings is 1. The third kappa shape index (κ3) is 3.02. The lowest BCUT2D eigenvalue weighted by Crippen LogP contribution is -2.30. The standard InChI is InChI=1S/C12H19NO3/c1-5-10(12(14)15-4)8-13(3)11-7-6-9(2)16-11/h6-7,10H,5,8H2,1-4H3. The molecular formula is C12H19NO3. The lowest BCUT2D eigenvalue weighted by Gasteiger charge is -2.21. The van der Waals surface area contributed by atoms with Crippen molar-refractivity contribution in [2.24, 2.45) is 5.92 Å². The van der Waals surface area contributed by atoms with Gasteiger partial charge >= 0.3 is 5.97 Å². The first-order valence-electron chi connectivity index (χ1n) is 5.43. The summed E-state index contributed by atoms with van der Waals surface area (Å²) in [4.78, 5) is 13.4. The SMILES string of the molecule is CCC(CN(C)c1ccc(C)o1)C(=O)OC. The van der Waals surface area contributed by atoms with Crippen LogP contribution in [-0.2, 0) is 9.53 Å². The molecule has 0 aromatic carbocycles. The van der Waals surface area contributed by atoms with Gasteiger partial charge in [0.05, 0.1) is 13.0 Å². The quantitative estimate of drug-likeness (QED) is 0.721. The maximum absolute atomic E-state index is 11.4. The normalized spacial score (nSPS) is 12.2. The van der Waals surface area contributed by atoms with Crippen LogP contribution in [0.1, 0.15) is 19.1 Å². The topological polar surface area (TPSA) is 42.7 Å². The molecule has 1 aromatic rings. The largest absolute Gasteiger partial charge is 0.469 e. The highest BCUT2D eigenvalue weighted by atomic mass is 16.5. The van der Waals surface area contributed by atoms with Crippen LogP contribution in [0.2, 0.25) is 0 Å². The fourth-order valence-electron chi connectivity index (χ4n) is 1.58. The molecule has 1 heterocycles. The zero-order valence-electron chi connectivity index (χ0n) is 10.3. The molecule has 0 radical (unpaired) electrons. The Labute approximate surface area is 96.2 Å². The van der Waals surface area contributed by atoms with E-state index in [0.717, 1.165) is 18.1 Å². The smallest absolute Gasteiger partial charge is 0.310 e. The maximum Gasteiger partial charge on any atom is 0.310 e. The summed E-state index contributed by atoms with van der Waals surface area (Å²) >= 11 is 0.